The fourth-order valence-electron chi connectivity index (χ4n) is 6.31. The first kappa shape index (κ1) is 24.3. The van der Waals surface area contributed by atoms with Crippen molar-refractivity contribution in [2.24, 2.45) is 5.92 Å². The van der Waals surface area contributed by atoms with Crippen LogP contribution in [0.2, 0.25) is 0 Å². The van der Waals surface area contributed by atoms with Gasteiger partial charge in [0.2, 0.25) is 11.8 Å². The molecule has 1 aromatic heterocycles. The van der Waals surface area contributed by atoms with Crippen LogP contribution in [0.5, 0.6) is 0 Å². The molecule has 3 aliphatic heterocycles. The Balaban J connectivity index is 0.970. The summed E-state index contributed by atoms with van der Waals surface area (Å²) >= 11 is 0. The van der Waals surface area contributed by atoms with Crippen LogP contribution in [-0.2, 0) is 9.59 Å². The summed E-state index contributed by atoms with van der Waals surface area (Å²) in [5.41, 5.74) is 3.97. The van der Waals surface area contributed by atoms with E-state index in [1.807, 2.05) is 6.07 Å². The molecule has 11 heteroatoms. The van der Waals surface area contributed by atoms with Crippen LogP contribution >= 0.6 is 0 Å². The maximum atomic E-state index is 13.1. The molecule has 5 aliphatic rings. The zero-order chi connectivity index (χ0) is 26.7. The number of piperazine rings is 1. The largest absolute Gasteiger partial charge is 0.385 e. The SMILES string of the molecule is O=C1CCC(N2C(=O)c3ccc(NCC4CC(n5cc(N6CCNCC6)c(C6CC6)n5)C4)cc3C2=O)C(=O)N1. The Kier molecular flexibility index (Phi) is 5.91. The van der Waals surface area contributed by atoms with E-state index in [9.17, 15) is 19.2 Å². The number of piperidine rings is 1. The average molecular weight is 532 g/mol. The minimum Gasteiger partial charge on any atom is -0.385 e. The lowest BCUT2D eigenvalue weighted by molar-refractivity contribution is -0.136. The van der Waals surface area contributed by atoms with Crippen molar-refractivity contribution in [3.63, 3.8) is 0 Å². The van der Waals surface area contributed by atoms with Gasteiger partial charge in [0, 0.05) is 56.9 Å². The molecule has 2 aromatic rings. The molecule has 1 atom stereocenters. The molecular formula is C28H33N7O4. The van der Waals surface area contributed by atoms with Crippen molar-refractivity contribution in [1.82, 2.24) is 25.3 Å². The minimum atomic E-state index is -0.951. The summed E-state index contributed by atoms with van der Waals surface area (Å²) in [6.45, 7) is 4.87. The van der Waals surface area contributed by atoms with Gasteiger partial charge in [-0.2, -0.15) is 5.10 Å². The third-order valence-electron chi connectivity index (χ3n) is 8.78. The summed E-state index contributed by atoms with van der Waals surface area (Å²) in [5.74, 6) is -0.829. The molecule has 1 unspecified atom stereocenters. The monoisotopic (exact) mass is 531 g/mol. The zero-order valence-electron chi connectivity index (χ0n) is 21.8. The Morgan fingerprint density at radius 2 is 1.74 bits per heavy atom. The summed E-state index contributed by atoms with van der Waals surface area (Å²) in [6, 6.07) is 4.62. The van der Waals surface area contributed by atoms with Crippen LogP contribution in [-0.4, -0.2) is 77.1 Å². The number of benzene rings is 1. The molecule has 4 fully saturated rings. The standard InChI is InChI=1S/C28H33N7O4/c36-24-6-5-22(26(37)31-24)35-27(38)20-4-3-18(13-21(20)28(35)39)30-14-16-11-19(12-16)34-15-23(25(32-34)17-1-2-17)33-9-7-29-8-10-33/h3-4,13,15-17,19,22,29-30H,1-2,5-12,14H2,(H,31,36,37). The lowest BCUT2D eigenvalue weighted by Gasteiger charge is -2.36. The number of fused-ring (bicyclic) bond motifs is 1. The average Bonchev–Trinajstić information content (AvgIpc) is 3.62. The van der Waals surface area contributed by atoms with E-state index < -0.39 is 23.8 Å². The quantitative estimate of drug-likeness (QED) is 0.460. The first-order chi connectivity index (χ1) is 19.0. The van der Waals surface area contributed by atoms with Crippen LogP contribution in [0.25, 0.3) is 0 Å². The molecule has 7 rings (SSSR count). The lowest BCUT2D eigenvalue weighted by Crippen LogP contribution is -2.54. The number of imide groups is 2. The van der Waals surface area contributed by atoms with Gasteiger partial charge in [0.1, 0.15) is 6.04 Å². The summed E-state index contributed by atoms with van der Waals surface area (Å²) in [6.07, 6.45) is 7.11. The molecule has 11 nitrogen and oxygen atoms in total. The second-order valence-corrected chi connectivity index (χ2v) is 11.5. The van der Waals surface area contributed by atoms with Gasteiger partial charge < -0.3 is 15.5 Å². The summed E-state index contributed by atoms with van der Waals surface area (Å²) < 4.78 is 2.20. The van der Waals surface area contributed by atoms with E-state index in [2.05, 4.69) is 31.7 Å². The Labute approximate surface area is 226 Å². The van der Waals surface area contributed by atoms with Gasteiger partial charge in [0.25, 0.3) is 11.8 Å². The lowest BCUT2D eigenvalue weighted by atomic mass is 9.80. The van der Waals surface area contributed by atoms with Crippen molar-refractivity contribution in [2.75, 3.05) is 42.9 Å². The zero-order valence-corrected chi connectivity index (χ0v) is 21.8. The van der Waals surface area contributed by atoms with E-state index in [1.54, 1.807) is 12.1 Å². The maximum Gasteiger partial charge on any atom is 0.262 e. The van der Waals surface area contributed by atoms with E-state index in [0.717, 1.165) is 56.2 Å². The van der Waals surface area contributed by atoms with Crippen LogP contribution in [0.1, 0.15) is 76.9 Å². The molecule has 2 saturated carbocycles. The Morgan fingerprint density at radius 3 is 2.49 bits per heavy atom. The molecule has 3 N–H and O–H groups in total. The number of hydrogen-bond donors (Lipinski definition) is 3. The number of anilines is 2. The Morgan fingerprint density at radius 1 is 0.974 bits per heavy atom. The third kappa shape index (κ3) is 4.38. The van der Waals surface area contributed by atoms with Gasteiger partial charge >= 0.3 is 0 Å². The van der Waals surface area contributed by atoms with Crippen molar-refractivity contribution in [1.29, 1.82) is 0 Å². The highest BCUT2D eigenvalue weighted by Crippen LogP contribution is 2.46. The first-order valence-corrected chi connectivity index (χ1v) is 14.1. The van der Waals surface area contributed by atoms with E-state index in [-0.39, 0.29) is 18.7 Å². The Bertz CT molecular complexity index is 1350. The highest BCUT2D eigenvalue weighted by atomic mass is 16.2. The van der Waals surface area contributed by atoms with Gasteiger partial charge in [-0.1, -0.05) is 0 Å². The van der Waals surface area contributed by atoms with E-state index >= 15 is 0 Å². The maximum absolute atomic E-state index is 13.1. The van der Waals surface area contributed by atoms with E-state index in [4.69, 9.17) is 5.10 Å². The highest BCUT2D eigenvalue weighted by molar-refractivity contribution is 6.23. The van der Waals surface area contributed by atoms with Crippen molar-refractivity contribution in [3.05, 3.63) is 41.2 Å². The van der Waals surface area contributed by atoms with Crippen molar-refractivity contribution in [2.45, 2.75) is 56.5 Å². The van der Waals surface area contributed by atoms with E-state index in [0.29, 0.717) is 29.0 Å². The van der Waals surface area contributed by atoms with Crippen molar-refractivity contribution >= 4 is 35.0 Å². The summed E-state index contributed by atoms with van der Waals surface area (Å²) in [5, 5.41) is 14.1. The molecule has 0 bridgehead atoms. The number of carbonyl (C=O) groups excluding carboxylic acids is 4. The number of nitrogens with one attached hydrogen (secondary N) is 3. The Hall–Kier alpha value is -3.73. The van der Waals surface area contributed by atoms with Gasteiger partial charge in [-0.05, 0) is 56.2 Å². The number of amides is 4. The molecule has 2 aliphatic carbocycles. The van der Waals surface area contributed by atoms with Gasteiger partial charge in [-0.3, -0.25) is 34.1 Å². The number of carbonyl (C=O) groups is 4. The molecule has 204 valence electrons. The van der Waals surface area contributed by atoms with Crippen LogP contribution in [0.3, 0.4) is 0 Å². The third-order valence-corrected chi connectivity index (χ3v) is 8.78. The van der Waals surface area contributed by atoms with Crippen molar-refractivity contribution in [3.8, 4) is 0 Å². The van der Waals surface area contributed by atoms with Crippen LogP contribution in [0, 0.1) is 5.92 Å². The van der Waals surface area contributed by atoms with Gasteiger partial charge in [0.15, 0.2) is 0 Å². The molecule has 0 radical (unpaired) electrons. The van der Waals surface area contributed by atoms with Crippen LogP contribution < -0.4 is 20.9 Å². The minimum absolute atomic E-state index is 0.108. The molecule has 4 amide bonds. The van der Waals surface area contributed by atoms with Crippen LogP contribution in [0.15, 0.2) is 24.4 Å². The molecule has 1 aromatic carbocycles. The van der Waals surface area contributed by atoms with Gasteiger partial charge in [0.05, 0.1) is 28.6 Å². The van der Waals surface area contributed by atoms with Gasteiger partial charge in [-0.25, -0.2) is 0 Å². The van der Waals surface area contributed by atoms with Crippen molar-refractivity contribution < 1.29 is 19.2 Å². The number of rotatable bonds is 7. The number of nitrogens with zero attached hydrogens (tertiary/aromatic N) is 4. The molecule has 39 heavy (non-hydrogen) atoms. The van der Waals surface area contributed by atoms with Crippen LogP contribution in [0.4, 0.5) is 11.4 Å². The molecule has 4 heterocycles. The second kappa shape index (κ2) is 9.48. The van der Waals surface area contributed by atoms with E-state index in [1.165, 1.54) is 24.2 Å². The molecule has 0 spiro atoms. The predicted octanol–water partition coefficient (Wildman–Crippen LogP) is 1.63. The fourth-order valence-corrected chi connectivity index (χ4v) is 6.31. The topological polar surface area (TPSA) is 129 Å². The summed E-state index contributed by atoms with van der Waals surface area (Å²) in [4.78, 5) is 53.3. The highest BCUT2D eigenvalue weighted by Gasteiger charge is 2.44. The molecule has 2 saturated heterocycles. The fraction of sp³-hybridized carbons (Fsp3) is 0.536. The number of hydrogen-bond acceptors (Lipinski definition) is 8. The first-order valence-electron chi connectivity index (χ1n) is 14.1. The molecular weight excluding hydrogens is 498 g/mol. The smallest absolute Gasteiger partial charge is 0.262 e. The second-order valence-electron chi connectivity index (χ2n) is 11.5. The predicted molar refractivity (Wildman–Crippen MR) is 143 cm³/mol. The number of aromatic nitrogens is 2. The van der Waals surface area contributed by atoms with Gasteiger partial charge in [-0.15, -0.1) is 0 Å². The normalized spacial score (nSPS) is 26.9. The summed E-state index contributed by atoms with van der Waals surface area (Å²) in [7, 11) is 0.